The van der Waals surface area contributed by atoms with E-state index < -0.39 is 5.91 Å². The SMILES string of the molecule is CCc1ccc(NC(=O)C(C#N)=Cc2cc(OC)ccc2OC)cc1. The van der Waals surface area contributed by atoms with Crippen LogP contribution < -0.4 is 14.8 Å². The van der Waals surface area contributed by atoms with E-state index in [0.29, 0.717) is 22.7 Å². The molecule has 0 aliphatic heterocycles. The van der Waals surface area contributed by atoms with Crippen LogP contribution in [0.2, 0.25) is 0 Å². The molecule has 5 nitrogen and oxygen atoms in total. The number of nitrogens with one attached hydrogen (secondary N) is 1. The van der Waals surface area contributed by atoms with Gasteiger partial charge in [0.2, 0.25) is 0 Å². The molecule has 0 spiro atoms. The van der Waals surface area contributed by atoms with Crippen LogP contribution in [0.25, 0.3) is 6.08 Å². The van der Waals surface area contributed by atoms with Crippen molar-refractivity contribution >= 4 is 17.7 Å². The van der Waals surface area contributed by atoms with Gasteiger partial charge in [0.15, 0.2) is 0 Å². The van der Waals surface area contributed by atoms with Crippen LogP contribution >= 0.6 is 0 Å². The first-order chi connectivity index (χ1) is 12.1. The van der Waals surface area contributed by atoms with E-state index in [9.17, 15) is 10.1 Å². The summed E-state index contributed by atoms with van der Waals surface area (Å²) in [6, 6.07) is 14.6. The Morgan fingerprint density at radius 3 is 2.44 bits per heavy atom. The van der Waals surface area contributed by atoms with Gasteiger partial charge in [0, 0.05) is 11.3 Å². The summed E-state index contributed by atoms with van der Waals surface area (Å²) in [4.78, 5) is 12.4. The van der Waals surface area contributed by atoms with Gasteiger partial charge in [0.25, 0.3) is 5.91 Å². The second-order valence-electron chi connectivity index (χ2n) is 5.28. The second kappa shape index (κ2) is 8.55. The van der Waals surface area contributed by atoms with Crippen LogP contribution in [0.3, 0.4) is 0 Å². The molecule has 0 saturated carbocycles. The van der Waals surface area contributed by atoms with Crippen LogP contribution in [0.5, 0.6) is 11.5 Å². The van der Waals surface area contributed by atoms with E-state index in [-0.39, 0.29) is 5.57 Å². The molecule has 0 heterocycles. The number of amides is 1. The van der Waals surface area contributed by atoms with Gasteiger partial charge in [-0.2, -0.15) is 5.26 Å². The molecule has 0 saturated heterocycles. The van der Waals surface area contributed by atoms with E-state index in [2.05, 4.69) is 12.2 Å². The summed E-state index contributed by atoms with van der Waals surface area (Å²) >= 11 is 0. The van der Waals surface area contributed by atoms with Crippen molar-refractivity contribution in [2.24, 2.45) is 0 Å². The van der Waals surface area contributed by atoms with E-state index in [0.717, 1.165) is 6.42 Å². The minimum absolute atomic E-state index is 0.0221. The van der Waals surface area contributed by atoms with Crippen molar-refractivity contribution < 1.29 is 14.3 Å². The average Bonchev–Trinajstić information content (AvgIpc) is 2.66. The van der Waals surface area contributed by atoms with Crippen molar-refractivity contribution in [2.75, 3.05) is 19.5 Å². The molecule has 0 radical (unpaired) electrons. The quantitative estimate of drug-likeness (QED) is 0.643. The number of nitrogens with zero attached hydrogens (tertiary/aromatic N) is 1. The fourth-order valence-corrected chi connectivity index (χ4v) is 2.28. The number of hydrogen-bond donors (Lipinski definition) is 1. The van der Waals surface area contributed by atoms with Gasteiger partial charge in [-0.3, -0.25) is 4.79 Å². The monoisotopic (exact) mass is 336 g/mol. The smallest absolute Gasteiger partial charge is 0.266 e. The Morgan fingerprint density at radius 2 is 1.88 bits per heavy atom. The van der Waals surface area contributed by atoms with Crippen molar-refractivity contribution in [1.82, 2.24) is 0 Å². The molecule has 2 rings (SSSR count). The Bertz CT molecular complexity index is 818. The molecule has 2 aromatic carbocycles. The topological polar surface area (TPSA) is 71.4 Å². The van der Waals surface area contributed by atoms with Crippen LogP contribution in [0.1, 0.15) is 18.1 Å². The fourth-order valence-electron chi connectivity index (χ4n) is 2.28. The lowest BCUT2D eigenvalue weighted by atomic mass is 10.1. The molecule has 0 fully saturated rings. The minimum Gasteiger partial charge on any atom is -0.497 e. The largest absolute Gasteiger partial charge is 0.497 e. The van der Waals surface area contributed by atoms with Crippen LogP contribution in [0, 0.1) is 11.3 Å². The van der Waals surface area contributed by atoms with Crippen LogP contribution in [-0.4, -0.2) is 20.1 Å². The third-order valence-electron chi connectivity index (χ3n) is 3.72. The maximum atomic E-state index is 12.4. The third-order valence-corrected chi connectivity index (χ3v) is 3.72. The van der Waals surface area contributed by atoms with E-state index in [1.165, 1.54) is 18.7 Å². The molecule has 0 aliphatic rings. The third kappa shape index (κ3) is 4.61. The highest BCUT2D eigenvalue weighted by Gasteiger charge is 2.12. The summed E-state index contributed by atoms with van der Waals surface area (Å²) in [7, 11) is 3.08. The first kappa shape index (κ1) is 18.1. The fraction of sp³-hybridized carbons (Fsp3) is 0.200. The zero-order valence-electron chi connectivity index (χ0n) is 14.5. The van der Waals surface area contributed by atoms with Crippen LogP contribution in [0.15, 0.2) is 48.0 Å². The van der Waals surface area contributed by atoms with Gasteiger partial charge < -0.3 is 14.8 Å². The van der Waals surface area contributed by atoms with Crippen molar-refractivity contribution in [3.05, 3.63) is 59.2 Å². The number of rotatable bonds is 6. The van der Waals surface area contributed by atoms with Crippen LogP contribution in [-0.2, 0) is 11.2 Å². The summed E-state index contributed by atoms with van der Waals surface area (Å²) in [6.07, 6.45) is 2.41. The van der Waals surface area contributed by atoms with E-state index in [4.69, 9.17) is 9.47 Å². The highest BCUT2D eigenvalue weighted by molar-refractivity contribution is 6.09. The number of hydrogen-bond acceptors (Lipinski definition) is 4. The molecule has 0 bridgehead atoms. The van der Waals surface area contributed by atoms with E-state index in [1.54, 1.807) is 25.3 Å². The Morgan fingerprint density at radius 1 is 1.16 bits per heavy atom. The Kier molecular flexibility index (Phi) is 6.19. The molecule has 25 heavy (non-hydrogen) atoms. The molecule has 128 valence electrons. The van der Waals surface area contributed by atoms with Crippen molar-refractivity contribution in [2.45, 2.75) is 13.3 Å². The molecule has 1 N–H and O–H groups in total. The summed E-state index contributed by atoms with van der Waals surface area (Å²) in [5.41, 5.74) is 2.39. The van der Waals surface area contributed by atoms with Gasteiger partial charge in [-0.1, -0.05) is 19.1 Å². The number of aryl methyl sites for hydroxylation is 1. The number of benzene rings is 2. The number of carbonyl (C=O) groups is 1. The number of anilines is 1. The molecule has 2 aromatic rings. The normalized spacial score (nSPS) is 10.7. The molecular weight excluding hydrogens is 316 g/mol. The lowest BCUT2D eigenvalue weighted by Crippen LogP contribution is -2.13. The first-order valence-corrected chi connectivity index (χ1v) is 7.85. The molecular formula is C20H20N2O3. The Balaban J connectivity index is 2.27. The summed E-state index contributed by atoms with van der Waals surface area (Å²) in [6.45, 7) is 2.06. The molecule has 0 atom stereocenters. The predicted molar refractivity (Wildman–Crippen MR) is 97.6 cm³/mol. The van der Waals surface area contributed by atoms with Gasteiger partial charge in [-0.25, -0.2) is 0 Å². The van der Waals surface area contributed by atoms with Gasteiger partial charge in [-0.05, 0) is 48.4 Å². The molecule has 0 aliphatic carbocycles. The van der Waals surface area contributed by atoms with Crippen molar-refractivity contribution in [3.63, 3.8) is 0 Å². The Labute approximate surface area is 147 Å². The van der Waals surface area contributed by atoms with Crippen molar-refractivity contribution in [3.8, 4) is 17.6 Å². The van der Waals surface area contributed by atoms with Crippen LogP contribution in [0.4, 0.5) is 5.69 Å². The average molecular weight is 336 g/mol. The number of ether oxygens (including phenoxy) is 2. The molecule has 1 amide bonds. The number of nitriles is 1. The number of carbonyl (C=O) groups excluding carboxylic acids is 1. The lowest BCUT2D eigenvalue weighted by Gasteiger charge is -2.09. The van der Waals surface area contributed by atoms with Gasteiger partial charge in [-0.15, -0.1) is 0 Å². The zero-order valence-corrected chi connectivity index (χ0v) is 14.5. The second-order valence-corrected chi connectivity index (χ2v) is 5.28. The van der Waals surface area contributed by atoms with Gasteiger partial charge in [0.1, 0.15) is 23.1 Å². The highest BCUT2D eigenvalue weighted by atomic mass is 16.5. The number of methoxy groups -OCH3 is 2. The lowest BCUT2D eigenvalue weighted by molar-refractivity contribution is -0.112. The Hall–Kier alpha value is -3.26. The summed E-state index contributed by atoms with van der Waals surface area (Å²) in [5.74, 6) is 0.685. The van der Waals surface area contributed by atoms with Gasteiger partial charge >= 0.3 is 0 Å². The maximum Gasteiger partial charge on any atom is 0.266 e. The summed E-state index contributed by atoms with van der Waals surface area (Å²) in [5, 5.41) is 12.1. The first-order valence-electron chi connectivity index (χ1n) is 7.85. The molecule has 5 heteroatoms. The molecule has 0 unspecified atom stereocenters. The highest BCUT2D eigenvalue weighted by Crippen LogP contribution is 2.26. The minimum atomic E-state index is -0.475. The molecule has 0 aromatic heterocycles. The van der Waals surface area contributed by atoms with E-state index >= 15 is 0 Å². The standard InChI is InChI=1S/C20H20N2O3/c1-4-14-5-7-17(8-6-14)22-20(23)16(13-21)11-15-12-18(24-2)9-10-19(15)25-3/h5-12H,4H2,1-3H3,(H,22,23). The van der Waals surface area contributed by atoms with E-state index in [1.807, 2.05) is 30.3 Å². The maximum absolute atomic E-state index is 12.4. The summed E-state index contributed by atoms with van der Waals surface area (Å²) < 4.78 is 10.5. The zero-order chi connectivity index (χ0) is 18.2. The predicted octanol–water partition coefficient (Wildman–Crippen LogP) is 3.81. The van der Waals surface area contributed by atoms with Crippen molar-refractivity contribution in [1.29, 1.82) is 5.26 Å². The van der Waals surface area contributed by atoms with Gasteiger partial charge in [0.05, 0.1) is 14.2 Å².